The van der Waals surface area contributed by atoms with Gasteiger partial charge in [0.05, 0.1) is 22.8 Å². The highest BCUT2D eigenvalue weighted by molar-refractivity contribution is 7.12. The molecule has 0 atom stereocenters. The van der Waals surface area contributed by atoms with E-state index in [2.05, 4.69) is 44.9 Å². The first-order chi connectivity index (χ1) is 14.0. The van der Waals surface area contributed by atoms with Crippen molar-refractivity contribution in [2.45, 2.75) is 20.4 Å². The van der Waals surface area contributed by atoms with Gasteiger partial charge in [0.1, 0.15) is 5.65 Å². The molecule has 29 heavy (non-hydrogen) atoms. The molecule has 1 aliphatic heterocycles. The highest BCUT2D eigenvalue weighted by atomic mass is 32.1. The van der Waals surface area contributed by atoms with Gasteiger partial charge in [-0.05, 0) is 43.0 Å². The van der Waals surface area contributed by atoms with E-state index in [-0.39, 0.29) is 18.4 Å². The number of aromatic nitrogens is 2. The SMILES string of the molecule is Cc1ccn2c(CN3CCN(C(=O)CNC(=O)c4cccs4)CC3)c(C)nc2c1. The van der Waals surface area contributed by atoms with Crippen LogP contribution < -0.4 is 5.32 Å². The molecule has 4 rings (SSSR count). The van der Waals surface area contributed by atoms with Gasteiger partial charge in [-0.25, -0.2) is 4.98 Å². The third-order valence-corrected chi connectivity index (χ3v) is 6.19. The zero-order valence-electron chi connectivity index (χ0n) is 16.7. The zero-order chi connectivity index (χ0) is 20.4. The second-order valence-electron chi connectivity index (χ2n) is 7.39. The highest BCUT2D eigenvalue weighted by Crippen LogP contribution is 2.16. The fourth-order valence-electron chi connectivity index (χ4n) is 3.64. The van der Waals surface area contributed by atoms with Gasteiger partial charge in [-0.15, -0.1) is 11.3 Å². The molecule has 152 valence electrons. The van der Waals surface area contributed by atoms with E-state index < -0.39 is 0 Å². The molecule has 3 aromatic rings. The predicted molar refractivity (Wildman–Crippen MR) is 113 cm³/mol. The number of hydrogen-bond acceptors (Lipinski definition) is 5. The molecule has 1 saturated heterocycles. The molecule has 1 N–H and O–H groups in total. The van der Waals surface area contributed by atoms with Gasteiger partial charge in [0.25, 0.3) is 5.91 Å². The Bertz CT molecular complexity index is 1020. The van der Waals surface area contributed by atoms with E-state index in [0.717, 1.165) is 31.0 Å². The average Bonchev–Trinajstić information content (AvgIpc) is 3.35. The van der Waals surface area contributed by atoms with Crippen LogP contribution >= 0.6 is 11.3 Å². The maximum atomic E-state index is 12.4. The maximum absolute atomic E-state index is 12.4. The van der Waals surface area contributed by atoms with Crippen LogP contribution in [0.4, 0.5) is 0 Å². The van der Waals surface area contributed by atoms with Crippen LogP contribution in [0.1, 0.15) is 26.6 Å². The number of nitrogens with zero attached hydrogens (tertiary/aromatic N) is 4. The summed E-state index contributed by atoms with van der Waals surface area (Å²) in [5.41, 5.74) is 4.42. The Hall–Kier alpha value is -2.71. The second kappa shape index (κ2) is 8.34. The van der Waals surface area contributed by atoms with Crippen LogP contribution in [0.15, 0.2) is 35.8 Å². The Morgan fingerprint density at radius 1 is 1.17 bits per heavy atom. The van der Waals surface area contributed by atoms with Crippen molar-refractivity contribution in [3.63, 3.8) is 0 Å². The maximum Gasteiger partial charge on any atom is 0.261 e. The monoisotopic (exact) mass is 411 g/mol. The molecule has 4 heterocycles. The van der Waals surface area contributed by atoms with Crippen LogP contribution in [-0.2, 0) is 11.3 Å². The Morgan fingerprint density at radius 2 is 1.97 bits per heavy atom. The van der Waals surface area contributed by atoms with Gasteiger partial charge in [-0.1, -0.05) is 6.07 Å². The van der Waals surface area contributed by atoms with Crippen molar-refractivity contribution < 1.29 is 9.59 Å². The normalized spacial score (nSPS) is 15.0. The van der Waals surface area contributed by atoms with Crippen molar-refractivity contribution in [3.8, 4) is 0 Å². The van der Waals surface area contributed by atoms with E-state index >= 15 is 0 Å². The minimum atomic E-state index is -0.190. The zero-order valence-corrected chi connectivity index (χ0v) is 17.5. The van der Waals surface area contributed by atoms with Gasteiger partial charge in [0, 0.05) is 38.9 Å². The van der Waals surface area contributed by atoms with Crippen LogP contribution in [0.25, 0.3) is 5.65 Å². The summed E-state index contributed by atoms with van der Waals surface area (Å²) in [7, 11) is 0. The number of imidazole rings is 1. The molecular weight excluding hydrogens is 386 g/mol. The molecule has 8 heteroatoms. The number of piperazine rings is 1. The molecule has 1 aliphatic rings. The molecule has 0 spiro atoms. The molecule has 0 radical (unpaired) electrons. The number of amides is 2. The largest absolute Gasteiger partial charge is 0.342 e. The molecule has 0 unspecified atom stereocenters. The molecule has 0 bridgehead atoms. The molecule has 3 aromatic heterocycles. The summed E-state index contributed by atoms with van der Waals surface area (Å²) >= 11 is 1.37. The minimum absolute atomic E-state index is 0.0315. The van der Waals surface area contributed by atoms with E-state index in [1.54, 1.807) is 6.07 Å². The summed E-state index contributed by atoms with van der Waals surface area (Å²) in [4.78, 5) is 33.9. The van der Waals surface area contributed by atoms with Crippen molar-refractivity contribution in [1.29, 1.82) is 0 Å². The lowest BCUT2D eigenvalue weighted by Gasteiger charge is -2.34. The van der Waals surface area contributed by atoms with Crippen molar-refractivity contribution >= 4 is 28.8 Å². The van der Waals surface area contributed by atoms with E-state index in [0.29, 0.717) is 18.0 Å². The number of carbonyl (C=O) groups excluding carboxylic acids is 2. The van der Waals surface area contributed by atoms with Crippen LogP contribution in [0, 0.1) is 13.8 Å². The Morgan fingerprint density at radius 3 is 2.69 bits per heavy atom. The fourth-order valence-corrected chi connectivity index (χ4v) is 4.28. The summed E-state index contributed by atoms with van der Waals surface area (Å²) in [6.07, 6.45) is 2.08. The lowest BCUT2D eigenvalue weighted by atomic mass is 10.2. The van der Waals surface area contributed by atoms with Gasteiger partial charge in [0.15, 0.2) is 0 Å². The van der Waals surface area contributed by atoms with Gasteiger partial charge < -0.3 is 14.6 Å². The van der Waals surface area contributed by atoms with Crippen molar-refractivity contribution in [1.82, 2.24) is 24.5 Å². The van der Waals surface area contributed by atoms with Gasteiger partial charge in [0.2, 0.25) is 5.91 Å². The van der Waals surface area contributed by atoms with E-state index in [9.17, 15) is 9.59 Å². The summed E-state index contributed by atoms with van der Waals surface area (Å²) in [6, 6.07) is 7.77. The number of thiophene rings is 1. The van der Waals surface area contributed by atoms with Gasteiger partial charge in [-0.3, -0.25) is 14.5 Å². The van der Waals surface area contributed by atoms with Crippen LogP contribution in [-0.4, -0.2) is 63.7 Å². The van der Waals surface area contributed by atoms with Crippen molar-refractivity contribution in [2.24, 2.45) is 0 Å². The minimum Gasteiger partial charge on any atom is -0.342 e. The first kappa shape index (κ1) is 19.6. The second-order valence-corrected chi connectivity index (χ2v) is 8.34. The van der Waals surface area contributed by atoms with Gasteiger partial charge >= 0.3 is 0 Å². The van der Waals surface area contributed by atoms with E-state index in [1.165, 1.54) is 22.6 Å². The number of carbonyl (C=O) groups is 2. The topological polar surface area (TPSA) is 70.0 Å². The number of aryl methyl sites for hydroxylation is 2. The molecule has 7 nitrogen and oxygen atoms in total. The first-order valence-electron chi connectivity index (χ1n) is 9.77. The summed E-state index contributed by atoms with van der Waals surface area (Å²) in [5, 5.41) is 4.57. The van der Waals surface area contributed by atoms with Crippen LogP contribution in [0.2, 0.25) is 0 Å². The number of fused-ring (bicyclic) bond motifs is 1. The fraction of sp³-hybridized carbons (Fsp3) is 0.381. The predicted octanol–water partition coefficient (Wildman–Crippen LogP) is 2.09. The molecule has 0 aliphatic carbocycles. The standard InChI is InChI=1S/C21H25N5O2S/c1-15-5-6-26-17(16(2)23-19(26)12-15)14-24-7-9-25(10-8-24)20(27)13-22-21(28)18-4-3-11-29-18/h3-6,11-12H,7-10,13-14H2,1-2H3,(H,22,28). The molecular formula is C21H25N5O2S. The van der Waals surface area contributed by atoms with Crippen LogP contribution in [0.3, 0.4) is 0 Å². The summed E-state index contributed by atoms with van der Waals surface area (Å²) in [5.74, 6) is -0.221. The number of hydrogen-bond donors (Lipinski definition) is 1. The Balaban J connectivity index is 1.30. The van der Waals surface area contributed by atoms with Crippen molar-refractivity contribution in [3.05, 3.63) is 57.7 Å². The molecule has 1 fully saturated rings. The summed E-state index contributed by atoms with van der Waals surface area (Å²) in [6.45, 7) is 7.93. The van der Waals surface area contributed by atoms with E-state index in [1.807, 2.05) is 23.3 Å². The third kappa shape index (κ3) is 4.33. The lowest BCUT2D eigenvalue weighted by Crippen LogP contribution is -2.50. The Kier molecular flexibility index (Phi) is 5.64. The molecule has 0 saturated carbocycles. The number of rotatable bonds is 5. The number of pyridine rings is 1. The van der Waals surface area contributed by atoms with E-state index in [4.69, 9.17) is 0 Å². The summed E-state index contributed by atoms with van der Waals surface area (Å²) < 4.78 is 2.15. The van der Waals surface area contributed by atoms with Gasteiger partial charge in [-0.2, -0.15) is 0 Å². The molecule has 2 amide bonds. The third-order valence-electron chi connectivity index (χ3n) is 5.32. The van der Waals surface area contributed by atoms with Crippen LogP contribution in [0.5, 0.6) is 0 Å². The smallest absolute Gasteiger partial charge is 0.261 e. The molecule has 0 aromatic carbocycles. The van der Waals surface area contributed by atoms with Crippen molar-refractivity contribution in [2.75, 3.05) is 32.7 Å². The average molecular weight is 412 g/mol. The quantitative estimate of drug-likeness (QED) is 0.698. The highest BCUT2D eigenvalue weighted by Gasteiger charge is 2.23. The lowest BCUT2D eigenvalue weighted by molar-refractivity contribution is -0.131. The Labute approximate surface area is 174 Å². The first-order valence-corrected chi connectivity index (χ1v) is 10.7. The number of nitrogens with one attached hydrogen (secondary N) is 1.